The number of anilines is 1. The first-order valence-corrected chi connectivity index (χ1v) is 6.18. The van der Waals surface area contributed by atoms with Crippen molar-refractivity contribution >= 4 is 28.8 Å². The van der Waals surface area contributed by atoms with Crippen LogP contribution >= 0.6 is 11.6 Å². The maximum atomic E-state index is 12.1. The summed E-state index contributed by atoms with van der Waals surface area (Å²) in [6.07, 6.45) is 0. The number of nitriles is 1. The molecule has 0 aromatic heterocycles. The molecule has 0 atom stereocenters. The van der Waals surface area contributed by atoms with Gasteiger partial charge in [-0.05, 0) is 12.1 Å². The largest absolute Gasteiger partial charge is 0.286 e. The van der Waals surface area contributed by atoms with E-state index in [0.717, 1.165) is 0 Å². The lowest BCUT2D eigenvalue weighted by Gasteiger charge is -2.03. The maximum absolute atomic E-state index is 12.1. The van der Waals surface area contributed by atoms with Crippen LogP contribution in [0.15, 0.2) is 59.7 Å². The van der Waals surface area contributed by atoms with Crippen LogP contribution < -0.4 is 5.43 Å². The van der Waals surface area contributed by atoms with Crippen LogP contribution in [-0.2, 0) is 0 Å². The third kappa shape index (κ3) is 3.22. The Kier molecular flexibility index (Phi) is 4.48. The smallest absolute Gasteiger partial charge is 0.223 e. The highest BCUT2D eigenvalue weighted by Crippen LogP contribution is 2.20. The first kappa shape index (κ1) is 13.8. The predicted molar refractivity (Wildman–Crippen MR) is 78.9 cm³/mol. The van der Waals surface area contributed by atoms with Gasteiger partial charge in [0.15, 0.2) is 0 Å². The lowest BCUT2D eigenvalue weighted by molar-refractivity contribution is 0.106. The number of Topliss-reactive ketones (excluding diaryl/α,β-unsaturated/α-hetero) is 1. The van der Waals surface area contributed by atoms with E-state index in [1.165, 1.54) is 0 Å². The molecule has 0 radical (unpaired) electrons. The summed E-state index contributed by atoms with van der Waals surface area (Å²) in [5, 5.41) is 13.3. The number of nitrogens with zero attached hydrogens (tertiary/aromatic N) is 2. The summed E-state index contributed by atoms with van der Waals surface area (Å²) < 4.78 is 0. The third-order valence-corrected chi connectivity index (χ3v) is 2.85. The zero-order valence-electron chi connectivity index (χ0n) is 10.4. The highest BCUT2D eigenvalue weighted by atomic mass is 35.5. The van der Waals surface area contributed by atoms with E-state index >= 15 is 0 Å². The first-order chi connectivity index (χ1) is 9.72. The molecule has 2 aromatic carbocycles. The molecule has 0 aliphatic heterocycles. The van der Waals surface area contributed by atoms with Crippen molar-refractivity contribution in [2.24, 2.45) is 5.10 Å². The molecule has 0 aliphatic carbocycles. The van der Waals surface area contributed by atoms with E-state index in [2.05, 4.69) is 10.5 Å². The summed E-state index contributed by atoms with van der Waals surface area (Å²) in [6.45, 7) is 0. The fourth-order valence-corrected chi connectivity index (χ4v) is 1.70. The molecule has 0 aliphatic rings. The molecule has 2 aromatic rings. The Balaban J connectivity index is 2.21. The number of rotatable bonds is 4. The normalized spacial score (nSPS) is 10.7. The number of nitrogens with one attached hydrogen (secondary N) is 1. The van der Waals surface area contributed by atoms with E-state index in [-0.39, 0.29) is 5.71 Å². The number of carbonyl (C=O) groups is 1. The van der Waals surface area contributed by atoms with E-state index in [1.807, 2.05) is 0 Å². The summed E-state index contributed by atoms with van der Waals surface area (Å²) in [5.74, 6) is -0.437. The fourth-order valence-electron chi connectivity index (χ4n) is 1.52. The SMILES string of the molecule is N#C/C(=N/Nc1ccccc1Cl)C(=O)c1ccccc1. The zero-order chi connectivity index (χ0) is 14.4. The number of hydrazone groups is 1. The standard InChI is InChI=1S/C15H10ClN3O/c16-12-8-4-5-9-13(12)18-19-14(10-17)15(20)11-6-2-1-3-7-11/h1-9,18H/b19-14-. The Morgan fingerprint density at radius 3 is 2.40 bits per heavy atom. The van der Waals surface area contributed by atoms with E-state index in [1.54, 1.807) is 60.7 Å². The lowest BCUT2D eigenvalue weighted by Crippen LogP contribution is -2.14. The first-order valence-electron chi connectivity index (χ1n) is 5.80. The predicted octanol–water partition coefficient (Wildman–Crippen LogP) is 3.51. The Hall–Kier alpha value is -2.64. The highest BCUT2D eigenvalue weighted by molar-refractivity contribution is 6.51. The van der Waals surface area contributed by atoms with Gasteiger partial charge in [0, 0.05) is 5.56 Å². The summed E-state index contributed by atoms with van der Waals surface area (Å²) >= 11 is 5.95. The number of carbonyl (C=O) groups excluding carboxylic acids is 1. The molecule has 5 heteroatoms. The van der Waals surface area contributed by atoms with Gasteiger partial charge in [-0.3, -0.25) is 10.2 Å². The van der Waals surface area contributed by atoms with E-state index in [9.17, 15) is 4.79 Å². The average molecular weight is 284 g/mol. The Morgan fingerprint density at radius 2 is 1.75 bits per heavy atom. The number of halogens is 1. The molecule has 20 heavy (non-hydrogen) atoms. The Morgan fingerprint density at radius 1 is 1.10 bits per heavy atom. The minimum atomic E-state index is -0.437. The van der Waals surface area contributed by atoms with Gasteiger partial charge in [0.25, 0.3) is 0 Å². The average Bonchev–Trinajstić information content (AvgIpc) is 2.50. The van der Waals surface area contributed by atoms with Crippen LogP contribution in [0.2, 0.25) is 5.02 Å². The second-order valence-corrected chi connectivity index (χ2v) is 4.27. The van der Waals surface area contributed by atoms with Gasteiger partial charge in [-0.15, -0.1) is 0 Å². The van der Waals surface area contributed by atoms with Crippen molar-refractivity contribution in [2.75, 3.05) is 5.43 Å². The quantitative estimate of drug-likeness (QED) is 0.530. The number of benzene rings is 2. The van der Waals surface area contributed by atoms with Crippen LogP contribution in [-0.4, -0.2) is 11.5 Å². The molecule has 98 valence electrons. The van der Waals surface area contributed by atoms with Crippen molar-refractivity contribution in [1.29, 1.82) is 5.26 Å². The van der Waals surface area contributed by atoms with Crippen LogP contribution in [0.3, 0.4) is 0 Å². The van der Waals surface area contributed by atoms with E-state index < -0.39 is 5.78 Å². The maximum Gasteiger partial charge on any atom is 0.223 e. The fraction of sp³-hybridized carbons (Fsp3) is 0. The molecule has 0 unspecified atom stereocenters. The topological polar surface area (TPSA) is 65.2 Å². The van der Waals surface area contributed by atoms with Crippen molar-refractivity contribution < 1.29 is 4.79 Å². The van der Waals surface area contributed by atoms with Gasteiger partial charge in [0.2, 0.25) is 11.5 Å². The van der Waals surface area contributed by atoms with Crippen molar-refractivity contribution in [1.82, 2.24) is 0 Å². The van der Waals surface area contributed by atoms with Gasteiger partial charge in [0.1, 0.15) is 6.07 Å². The molecule has 0 saturated heterocycles. The third-order valence-electron chi connectivity index (χ3n) is 2.52. The molecular formula is C15H10ClN3O. The molecule has 1 N–H and O–H groups in total. The van der Waals surface area contributed by atoms with Crippen LogP contribution in [0, 0.1) is 11.3 Å². The lowest BCUT2D eigenvalue weighted by atomic mass is 10.1. The van der Waals surface area contributed by atoms with Crippen LogP contribution in [0.1, 0.15) is 10.4 Å². The minimum Gasteiger partial charge on any atom is -0.286 e. The van der Waals surface area contributed by atoms with Crippen LogP contribution in [0.25, 0.3) is 0 Å². The van der Waals surface area contributed by atoms with Gasteiger partial charge in [0.05, 0.1) is 10.7 Å². The van der Waals surface area contributed by atoms with Gasteiger partial charge in [-0.2, -0.15) is 10.4 Å². The highest BCUT2D eigenvalue weighted by Gasteiger charge is 2.13. The van der Waals surface area contributed by atoms with Crippen LogP contribution in [0.5, 0.6) is 0 Å². The van der Waals surface area contributed by atoms with Crippen molar-refractivity contribution in [3.63, 3.8) is 0 Å². The second-order valence-electron chi connectivity index (χ2n) is 3.86. The van der Waals surface area contributed by atoms with Gasteiger partial charge in [-0.1, -0.05) is 54.1 Å². The molecule has 0 saturated carbocycles. The number of hydrogen-bond donors (Lipinski definition) is 1. The second kappa shape index (κ2) is 6.50. The molecule has 4 nitrogen and oxygen atoms in total. The molecule has 0 fully saturated rings. The van der Waals surface area contributed by atoms with E-state index in [4.69, 9.17) is 16.9 Å². The Bertz CT molecular complexity index is 690. The molecule has 2 rings (SSSR count). The molecule has 0 heterocycles. The monoisotopic (exact) mass is 283 g/mol. The van der Waals surface area contributed by atoms with Crippen molar-refractivity contribution in [3.05, 3.63) is 65.2 Å². The molecular weight excluding hydrogens is 274 g/mol. The minimum absolute atomic E-state index is 0.226. The summed E-state index contributed by atoms with van der Waals surface area (Å²) in [7, 11) is 0. The summed E-state index contributed by atoms with van der Waals surface area (Å²) in [4.78, 5) is 12.1. The number of hydrogen-bond acceptors (Lipinski definition) is 4. The van der Waals surface area contributed by atoms with Gasteiger partial charge in [-0.25, -0.2) is 0 Å². The summed E-state index contributed by atoms with van der Waals surface area (Å²) in [5.41, 5.74) is 3.34. The van der Waals surface area contributed by atoms with Gasteiger partial charge < -0.3 is 0 Å². The van der Waals surface area contributed by atoms with Gasteiger partial charge >= 0.3 is 0 Å². The van der Waals surface area contributed by atoms with E-state index in [0.29, 0.717) is 16.3 Å². The van der Waals surface area contributed by atoms with Crippen LogP contribution in [0.4, 0.5) is 5.69 Å². The number of ketones is 1. The van der Waals surface area contributed by atoms with Crippen molar-refractivity contribution in [3.8, 4) is 6.07 Å². The molecule has 0 spiro atoms. The molecule has 0 amide bonds. The number of para-hydroxylation sites is 1. The Labute approximate surface area is 121 Å². The zero-order valence-corrected chi connectivity index (χ0v) is 11.1. The van der Waals surface area contributed by atoms with Crippen molar-refractivity contribution in [2.45, 2.75) is 0 Å². The molecule has 0 bridgehead atoms. The summed E-state index contributed by atoms with van der Waals surface area (Å²) in [6, 6.07) is 17.2.